The molecule has 1 aromatic carbocycles. The molecular weight excluding hydrogens is 246 g/mol. The van der Waals surface area contributed by atoms with E-state index in [-0.39, 0.29) is 51.4 Å². The molecule has 0 bridgehead atoms. The molecule has 0 aromatic heterocycles. The molecule has 84 valence electrons. The molecule has 1 rings (SSSR count). The van der Waals surface area contributed by atoms with Crippen molar-refractivity contribution in [1.82, 2.24) is 0 Å². The number of halogens is 4. The SMILES string of the molecule is CC(C)Cc1ccc([B-](F)(F)F)c(F)c1.[K+]. The largest absolute Gasteiger partial charge is 1.00 e. The van der Waals surface area contributed by atoms with Gasteiger partial charge in [0, 0.05) is 0 Å². The first kappa shape index (κ1) is 16.6. The van der Waals surface area contributed by atoms with Crippen LogP contribution >= 0.6 is 0 Å². The van der Waals surface area contributed by atoms with E-state index in [1.54, 1.807) is 0 Å². The molecular formula is C10H12BF4K. The van der Waals surface area contributed by atoms with Crippen LogP contribution in [0.5, 0.6) is 0 Å². The molecule has 0 aliphatic rings. The topological polar surface area (TPSA) is 0 Å². The maximum atomic E-state index is 13.1. The van der Waals surface area contributed by atoms with Gasteiger partial charge in [-0.3, -0.25) is 0 Å². The quantitative estimate of drug-likeness (QED) is 0.532. The van der Waals surface area contributed by atoms with Crippen molar-refractivity contribution in [1.29, 1.82) is 0 Å². The van der Waals surface area contributed by atoms with Crippen LogP contribution in [0.4, 0.5) is 17.3 Å². The van der Waals surface area contributed by atoms with Gasteiger partial charge < -0.3 is 12.9 Å². The van der Waals surface area contributed by atoms with Crippen LogP contribution in [-0.2, 0) is 6.42 Å². The average molecular weight is 258 g/mol. The summed E-state index contributed by atoms with van der Waals surface area (Å²) < 4.78 is 49.9. The van der Waals surface area contributed by atoms with Crippen molar-refractivity contribution in [3.63, 3.8) is 0 Å². The van der Waals surface area contributed by atoms with Crippen LogP contribution in [0.2, 0.25) is 0 Å². The second kappa shape index (κ2) is 6.54. The van der Waals surface area contributed by atoms with Gasteiger partial charge in [-0.1, -0.05) is 31.4 Å². The fourth-order valence-electron chi connectivity index (χ4n) is 1.43. The summed E-state index contributed by atoms with van der Waals surface area (Å²) in [6.45, 7) is -1.38. The molecule has 0 aliphatic carbocycles. The van der Waals surface area contributed by atoms with Gasteiger partial charge in [0.05, 0.1) is 5.82 Å². The summed E-state index contributed by atoms with van der Waals surface area (Å²) in [4.78, 5) is 0. The summed E-state index contributed by atoms with van der Waals surface area (Å²) >= 11 is 0. The van der Waals surface area contributed by atoms with E-state index in [0.717, 1.165) is 12.1 Å². The first-order valence-electron chi connectivity index (χ1n) is 4.79. The molecule has 0 saturated carbocycles. The van der Waals surface area contributed by atoms with E-state index < -0.39 is 18.3 Å². The molecule has 0 saturated heterocycles. The van der Waals surface area contributed by atoms with Gasteiger partial charge in [0.1, 0.15) is 0 Å². The zero-order chi connectivity index (χ0) is 11.6. The third-order valence-electron chi connectivity index (χ3n) is 2.06. The van der Waals surface area contributed by atoms with Gasteiger partial charge in [0.2, 0.25) is 0 Å². The van der Waals surface area contributed by atoms with Crippen molar-refractivity contribution >= 4 is 12.4 Å². The summed E-state index contributed by atoms with van der Waals surface area (Å²) in [5.41, 5.74) is -0.534. The predicted molar refractivity (Wildman–Crippen MR) is 53.7 cm³/mol. The summed E-state index contributed by atoms with van der Waals surface area (Å²) in [7, 11) is 0. The standard InChI is InChI=1S/C10H12BF4.K/c1-7(2)5-8-3-4-9(10(12)6-8)11(13,14)15;/h3-4,6-7H,5H2,1-2H3;/q-1;+1. The van der Waals surface area contributed by atoms with Gasteiger partial charge in [0.15, 0.2) is 0 Å². The molecule has 0 spiro atoms. The average Bonchev–Trinajstić information content (AvgIpc) is 1.99. The number of hydrogen-bond donors (Lipinski definition) is 0. The summed E-state index contributed by atoms with van der Waals surface area (Å²) in [5, 5.41) is 0. The zero-order valence-electron chi connectivity index (χ0n) is 9.61. The Morgan fingerprint density at radius 2 is 1.75 bits per heavy atom. The van der Waals surface area contributed by atoms with Crippen molar-refractivity contribution in [3.8, 4) is 0 Å². The van der Waals surface area contributed by atoms with E-state index in [9.17, 15) is 17.3 Å². The molecule has 0 atom stereocenters. The van der Waals surface area contributed by atoms with Crippen LogP contribution in [0.15, 0.2) is 18.2 Å². The minimum Gasteiger partial charge on any atom is -0.445 e. The van der Waals surface area contributed by atoms with E-state index in [1.807, 2.05) is 13.8 Å². The Bertz CT molecular complexity index is 349. The Balaban J connectivity index is 0.00000225. The van der Waals surface area contributed by atoms with Crippen molar-refractivity contribution < 1.29 is 68.7 Å². The van der Waals surface area contributed by atoms with Crippen LogP contribution in [0.3, 0.4) is 0 Å². The Hall–Kier alpha value is 0.641. The molecule has 0 aliphatic heterocycles. The van der Waals surface area contributed by atoms with Crippen LogP contribution < -0.4 is 56.8 Å². The third kappa shape index (κ3) is 4.87. The molecule has 0 radical (unpaired) electrons. The third-order valence-corrected chi connectivity index (χ3v) is 2.06. The smallest absolute Gasteiger partial charge is 0.445 e. The van der Waals surface area contributed by atoms with Crippen LogP contribution in [0.1, 0.15) is 19.4 Å². The van der Waals surface area contributed by atoms with Gasteiger partial charge in [-0.25, -0.2) is 4.39 Å². The maximum absolute atomic E-state index is 13.1. The monoisotopic (exact) mass is 258 g/mol. The molecule has 0 amide bonds. The van der Waals surface area contributed by atoms with E-state index in [4.69, 9.17) is 0 Å². The maximum Gasteiger partial charge on any atom is 1.00 e. The molecule has 0 nitrogen and oxygen atoms in total. The summed E-state index contributed by atoms with van der Waals surface area (Å²) in [5.74, 6) is -0.868. The first-order chi connectivity index (χ1) is 6.80. The van der Waals surface area contributed by atoms with E-state index >= 15 is 0 Å². The van der Waals surface area contributed by atoms with E-state index in [2.05, 4.69) is 0 Å². The van der Waals surface area contributed by atoms with E-state index in [0.29, 0.717) is 17.9 Å². The normalized spacial score (nSPS) is 11.4. The van der Waals surface area contributed by atoms with Gasteiger partial charge in [-0.15, -0.1) is 0 Å². The van der Waals surface area contributed by atoms with Crippen molar-refractivity contribution in [2.24, 2.45) is 5.92 Å². The number of rotatable bonds is 3. The Kier molecular flexibility index (Phi) is 6.80. The zero-order valence-corrected chi connectivity index (χ0v) is 12.7. The van der Waals surface area contributed by atoms with Crippen LogP contribution in [0.25, 0.3) is 0 Å². The molecule has 1 aromatic rings. The van der Waals surface area contributed by atoms with Crippen LogP contribution in [0, 0.1) is 11.7 Å². The Labute approximate surface area is 135 Å². The Morgan fingerprint density at radius 3 is 2.12 bits per heavy atom. The van der Waals surface area contributed by atoms with Crippen molar-refractivity contribution in [2.75, 3.05) is 0 Å². The van der Waals surface area contributed by atoms with Crippen molar-refractivity contribution in [3.05, 3.63) is 29.6 Å². The molecule has 0 heterocycles. The summed E-state index contributed by atoms with van der Waals surface area (Å²) in [6.07, 6.45) is 0.585. The molecule has 0 N–H and O–H groups in total. The first-order valence-corrected chi connectivity index (χ1v) is 4.79. The second-order valence-corrected chi connectivity index (χ2v) is 4.03. The molecule has 0 unspecified atom stereocenters. The minimum absolute atomic E-state index is 0. The van der Waals surface area contributed by atoms with Gasteiger partial charge in [0.25, 0.3) is 0 Å². The van der Waals surface area contributed by atoms with Gasteiger partial charge >= 0.3 is 58.4 Å². The van der Waals surface area contributed by atoms with Crippen LogP contribution in [-0.4, -0.2) is 6.98 Å². The molecule has 6 heteroatoms. The fourth-order valence-corrected chi connectivity index (χ4v) is 1.43. The van der Waals surface area contributed by atoms with Crippen molar-refractivity contribution in [2.45, 2.75) is 20.3 Å². The number of benzene rings is 1. The number of hydrogen-bond acceptors (Lipinski definition) is 0. The van der Waals surface area contributed by atoms with Gasteiger partial charge in [-0.2, -0.15) is 0 Å². The van der Waals surface area contributed by atoms with E-state index in [1.165, 1.54) is 6.07 Å². The summed E-state index contributed by atoms with van der Waals surface area (Å²) in [6, 6.07) is 3.14. The fraction of sp³-hybridized carbons (Fsp3) is 0.400. The predicted octanol–water partition coefficient (Wildman–Crippen LogP) is 0.0826. The van der Waals surface area contributed by atoms with Gasteiger partial charge in [-0.05, 0) is 24.0 Å². The minimum atomic E-state index is -5.24. The Morgan fingerprint density at radius 1 is 1.19 bits per heavy atom. The molecule has 0 fully saturated rings. The molecule has 16 heavy (non-hydrogen) atoms. The second-order valence-electron chi connectivity index (χ2n) is 4.03.